The van der Waals surface area contributed by atoms with E-state index in [1.807, 2.05) is 80.6 Å². The van der Waals surface area contributed by atoms with Gasteiger partial charge < -0.3 is 40.5 Å². The topological polar surface area (TPSA) is 147 Å². The van der Waals surface area contributed by atoms with Gasteiger partial charge in [0.15, 0.2) is 0 Å². The Morgan fingerprint density at radius 3 is 2.40 bits per heavy atom. The Kier molecular flexibility index (Phi) is 13.9. The monoisotopic (exact) mass is 799 g/mol. The number of hydrogen-bond donors (Lipinski definition) is 5. The predicted octanol–water partition coefficient (Wildman–Crippen LogP) is 4.35. The number of methoxy groups -OCH3 is 1. The summed E-state index contributed by atoms with van der Waals surface area (Å²) < 4.78 is 6.12. The van der Waals surface area contributed by atoms with Crippen molar-refractivity contribution in [2.75, 3.05) is 59.5 Å². The molecular weight excluding hydrogens is 735 g/mol. The van der Waals surface area contributed by atoms with E-state index in [0.717, 1.165) is 34.4 Å². The average Bonchev–Trinajstić information content (AvgIpc) is 3.57. The molecule has 5 N–H and O–H groups in total. The zero-order chi connectivity index (χ0) is 41.9. The van der Waals surface area contributed by atoms with E-state index < -0.39 is 24.2 Å². The van der Waals surface area contributed by atoms with Gasteiger partial charge >= 0.3 is 0 Å². The van der Waals surface area contributed by atoms with Gasteiger partial charge in [0.1, 0.15) is 17.9 Å². The van der Waals surface area contributed by atoms with Crippen LogP contribution in [0.1, 0.15) is 62.0 Å². The van der Waals surface area contributed by atoms with E-state index in [1.54, 1.807) is 19.1 Å². The van der Waals surface area contributed by atoms with Crippen molar-refractivity contribution in [1.82, 2.24) is 20.6 Å². The number of carbonyl (C=O) groups excluding carboxylic acids is 2. The third-order valence-corrected chi connectivity index (χ3v) is 13.3. The maximum Gasteiger partial charge on any atom is 0.251 e. The highest BCUT2D eigenvalue weighted by atomic mass is 16.7. The van der Waals surface area contributed by atoms with Crippen molar-refractivity contribution in [3.05, 3.63) is 83.4 Å². The van der Waals surface area contributed by atoms with E-state index in [4.69, 9.17) is 9.57 Å². The normalized spacial score (nSPS) is 26.1. The number of nitrogens with zero attached hydrogens (tertiary/aromatic N) is 3. The number of anilines is 1. The Balaban J connectivity index is 1.30. The highest BCUT2D eigenvalue weighted by Gasteiger charge is 2.57. The van der Waals surface area contributed by atoms with Gasteiger partial charge in [-0.1, -0.05) is 69.3 Å². The van der Waals surface area contributed by atoms with Crippen LogP contribution >= 0.6 is 0 Å². The number of aliphatic hydroxyl groups excluding tert-OH is 3. The molecule has 58 heavy (non-hydrogen) atoms. The summed E-state index contributed by atoms with van der Waals surface area (Å²) >= 11 is 0. The summed E-state index contributed by atoms with van der Waals surface area (Å²) in [6, 6.07) is 20.5. The fourth-order valence-electron chi connectivity index (χ4n) is 10.00. The molecule has 0 spiro atoms. The largest absolute Gasteiger partial charge is 0.496 e. The van der Waals surface area contributed by atoms with Crippen LogP contribution in [0.3, 0.4) is 0 Å². The van der Waals surface area contributed by atoms with Crippen LogP contribution in [0.2, 0.25) is 0 Å². The third-order valence-electron chi connectivity index (χ3n) is 13.3. The Morgan fingerprint density at radius 2 is 1.78 bits per heavy atom. The molecule has 2 bridgehead atoms. The number of fused-ring (bicyclic) bond motifs is 2. The highest BCUT2D eigenvalue weighted by Crippen LogP contribution is 2.61. The van der Waals surface area contributed by atoms with Crippen LogP contribution in [-0.2, 0) is 22.6 Å². The maximum atomic E-state index is 14.3. The molecule has 3 saturated carbocycles. The molecule has 12 heteroatoms. The van der Waals surface area contributed by atoms with Gasteiger partial charge in [-0.15, -0.1) is 0 Å². The van der Waals surface area contributed by atoms with Crippen LogP contribution < -0.4 is 20.3 Å². The number of likely N-dealkylation sites (N-methyl/N-ethyl adjacent to an activating group) is 2. The number of hydroxylamine groups is 2. The molecule has 0 radical (unpaired) electrons. The lowest BCUT2D eigenvalue weighted by atomic mass is 9.45. The summed E-state index contributed by atoms with van der Waals surface area (Å²) in [6.07, 6.45) is 1.07. The standard InChI is InChI=1S/C46H65N5O7/c1-28-38-23-34(46(38,3)4)24-39(28)48-45(56)42-41(29(2)54)40(27-53)58-51(42)25-31-15-12-16-37(43(31)57-8)32-20-33(22-36(21-32)50(7)17-18-52)44(55)47-35(26-49(5)6)19-30-13-10-9-11-14-30/h9-16,20-22,28-29,34-35,38-42,52-54H,17-19,23-27H2,1-8H3,(H,47,55)(H,48,56)/t28-,29-,34-,35-,38+,39-,40-,41+,42-/m0/s1. The minimum absolute atomic E-state index is 0.0194. The van der Waals surface area contributed by atoms with Crippen molar-refractivity contribution in [1.29, 1.82) is 0 Å². The van der Waals surface area contributed by atoms with E-state index in [0.29, 0.717) is 48.6 Å². The molecule has 1 aliphatic heterocycles. The van der Waals surface area contributed by atoms with Gasteiger partial charge in [-0.25, -0.2) is 0 Å². The molecular formula is C46H65N5O7. The van der Waals surface area contributed by atoms with E-state index in [2.05, 4.69) is 48.4 Å². The Morgan fingerprint density at radius 1 is 1.03 bits per heavy atom. The number of benzene rings is 3. The van der Waals surface area contributed by atoms with Gasteiger partial charge in [-0.2, -0.15) is 5.06 Å². The number of aliphatic hydroxyl groups is 3. The lowest BCUT2D eigenvalue weighted by molar-refractivity contribution is -0.183. The molecule has 0 aromatic heterocycles. The fourth-order valence-corrected chi connectivity index (χ4v) is 10.00. The first-order chi connectivity index (χ1) is 27.7. The van der Waals surface area contributed by atoms with Gasteiger partial charge in [0.05, 0.1) is 33.0 Å². The zero-order valence-corrected chi connectivity index (χ0v) is 35.5. The Bertz CT molecular complexity index is 1870. The molecule has 2 amide bonds. The number of para-hydroxylation sites is 1. The summed E-state index contributed by atoms with van der Waals surface area (Å²) in [5.41, 5.74) is 4.80. The van der Waals surface area contributed by atoms with Gasteiger partial charge in [0.2, 0.25) is 5.91 Å². The molecule has 4 aliphatic rings. The number of rotatable bonds is 17. The summed E-state index contributed by atoms with van der Waals surface area (Å²) in [7, 11) is 7.44. The predicted molar refractivity (Wildman–Crippen MR) is 226 cm³/mol. The lowest BCUT2D eigenvalue weighted by Gasteiger charge is -2.62. The van der Waals surface area contributed by atoms with Crippen molar-refractivity contribution in [2.45, 2.75) is 83.8 Å². The summed E-state index contributed by atoms with van der Waals surface area (Å²) in [4.78, 5) is 38.7. The maximum absolute atomic E-state index is 14.3. The number of carbonyl (C=O) groups is 2. The molecule has 1 saturated heterocycles. The van der Waals surface area contributed by atoms with Crippen LogP contribution in [0, 0.1) is 29.1 Å². The van der Waals surface area contributed by atoms with Crippen LogP contribution in [0.15, 0.2) is 66.7 Å². The van der Waals surface area contributed by atoms with Crippen LogP contribution in [0.25, 0.3) is 11.1 Å². The summed E-state index contributed by atoms with van der Waals surface area (Å²) in [5, 5.41) is 39.4. The molecule has 4 fully saturated rings. The molecule has 3 aromatic carbocycles. The quantitative estimate of drug-likeness (QED) is 0.134. The zero-order valence-electron chi connectivity index (χ0n) is 35.5. The fraction of sp³-hybridized carbons (Fsp3) is 0.565. The minimum atomic E-state index is -0.921. The molecule has 3 aromatic rings. The number of amides is 2. The second kappa shape index (κ2) is 18.5. The SMILES string of the molecule is COc1c(CN2O[C@@H](CO)[C@@H]([C@H](C)O)[C@H]2C(=O)N[C@H]2C[C@@H]3C[C@H]([C@@H]2C)C3(C)C)cccc1-c1cc(C(=O)N[C@@H](Cc2ccccc2)CN(C)C)cc(N(C)CCO)c1. The molecule has 7 rings (SSSR count). The first-order valence-corrected chi connectivity index (χ1v) is 20.8. The van der Waals surface area contributed by atoms with Crippen molar-refractivity contribution < 1.29 is 34.5 Å². The molecule has 9 atom stereocenters. The first kappa shape index (κ1) is 43.5. The van der Waals surface area contributed by atoms with E-state index in [9.17, 15) is 24.9 Å². The number of ether oxygens (including phenoxy) is 1. The molecule has 12 nitrogen and oxygen atoms in total. The third kappa shape index (κ3) is 9.22. The highest BCUT2D eigenvalue weighted by molar-refractivity contribution is 5.97. The second-order valence-electron chi connectivity index (χ2n) is 17.8. The number of nitrogens with one attached hydrogen (secondary N) is 2. The van der Waals surface area contributed by atoms with Gasteiger partial charge in [-0.05, 0) is 92.8 Å². The van der Waals surface area contributed by atoms with Crippen LogP contribution in [0.5, 0.6) is 5.75 Å². The van der Waals surface area contributed by atoms with Gasteiger partial charge in [-0.3, -0.25) is 14.4 Å². The van der Waals surface area contributed by atoms with Crippen molar-refractivity contribution in [3.63, 3.8) is 0 Å². The minimum Gasteiger partial charge on any atom is -0.496 e. The number of hydrogen-bond acceptors (Lipinski definition) is 10. The first-order valence-electron chi connectivity index (χ1n) is 20.8. The molecule has 0 unspecified atom stereocenters. The Hall–Kier alpha value is -4.04. The Labute approximate surface area is 344 Å². The van der Waals surface area contributed by atoms with E-state index in [-0.39, 0.29) is 49.1 Å². The molecule has 3 aliphatic carbocycles. The van der Waals surface area contributed by atoms with Crippen LogP contribution in [0.4, 0.5) is 5.69 Å². The van der Waals surface area contributed by atoms with Gasteiger partial charge in [0.25, 0.3) is 5.91 Å². The summed E-state index contributed by atoms with van der Waals surface area (Å²) in [5.74, 6) is 0.853. The van der Waals surface area contributed by atoms with Crippen molar-refractivity contribution in [2.24, 2.45) is 29.1 Å². The van der Waals surface area contributed by atoms with Crippen LogP contribution in [-0.4, -0.2) is 122 Å². The van der Waals surface area contributed by atoms with E-state index in [1.165, 1.54) is 6.42 Å². The van der Waals surface area contributed by atoms with Crippen molar-refractivity contribution in [3.8, 4) is 16.9 Å². The van der Waals surface area contributed by atoms with E-state index >= 15 is 0 Å². The molecule has 316 valence electrons. The molecule has 1 heterocycles. The lowest BCUT2D eigenvalue weighted by Crippen LogP contribution is -2.62. The summed E-state index contributed by atoms with van der Waals surface area (Å²) in [6.45, 7) is 9.27. The smallest absolute Gasteiger partial charge is 0.251 e. The van der Waals surface area contributed by atoms with Gasteiger partial charge in [0, 0.05) is 60.5 Å². The second-order valence-corrected chi connectivity index (χ2v) is 17.8. The van der Waals surface area contributed by atoms with Crippen molar-refractivity contribution >= 4 is 17.5 Å². The average molecular weight is 800 g/mol.